The number of nitrogens with zero attached hydrogens (tertiary/aromatic N) is 1. The van der Waals surface area contributed by atoms with Crippen molar-refractivity contribution < 1.29 is 14.2 Å². The highest BCUT2D eigenvalue weighted by atomic mass is 16.5. The second kappa shape index (κ2) is 12.2. The molecule has 5 nitrogen and oxygen atoms in total. The minimum absolute atomic E-state index is 0.0792. The summed E-state index contributed by atoms with van der Waals surface area (Å²) in [5.41, 5.74) is 1.07. The zero-order valence-electron chi connectivity index (χ0n) is 12.6. The van der Waals surface area contributed by atoms with Gasteiger partial charge in [0.2, 0.25) is 0 Å². The monoisotopic (exact) mass is 292 g/mol. The first-order valence-corrected chi connectivity index (χ1v) is 7.23. The van der Waals surface area contributed by atoms with Crippen molar-refractivity contribution in [3.63, 3.8) is 0 Å². The minimum atomic E-state index is 0.0792. The molecule has 0 radical (unpaired) electrons. The number of hydrogen-bond donors (Lipinski definition) is 1. The van der Waals surface area contributed by atoms with Gasteiger partial charge in [-0.25, -0.2) is 0 Å². The molecule has 0 saturated heterocycles. The summed E-state index contributed by atoms with van der Waals surface area (Å²) in [4.78, 5) is 0. The molecule has 0 aliphatic rings. The predicted octanol–water partition coefficient (Wildman–Crippen LogP) is 2.12. The summed E-state index contributed by atoms with van der Waals surface area (Å²) < 4.78 is 15.7. The molecule has 21 heavy (non-hydrogen) atoms. The van der Waals surface area contributed by atoms with Gasteiger partial charge in [-0.3, -0.25) is 0 Å². The van der Waals surface area contributed by atoms with E-state index in [1.807, 2.05) is 30.3 Å². The zero-order chi connectivity index (χ0) is 15.2. The third kappa shape index (κ3) is 8.30. The maximum absolute atomic E-state index is 8.56. The fourth-order valence-corrected chi connectivity index (χ4v) is 1.82. The number of rotatable bonds is 12. The van der Waals surface area contributed by atoms with E-state index in [4.69, 9.17) is 19.5 Å². The van der Waals surface area contributed by atoms with Crippen molar-refractivity contribution in [3.05, 3.63) is 29.8 Å². The molecule has 116 valence electrons. The molecule has 0 aromatic heterocycles. The van der Waals surface area contributed by atoms with E-state index in [9.17, 15) is 0 Å². The van der Waals surface area contributed by atoms with Crippen LogP contribution in [0.25, 0.3) is 0 Å². The second-order valence-corrected chi connectivity index (χ2v) is 4.54. The fourth-order valence-electron chi connectivity index (χ4n) is 1.82. The molecule has 0 bridgehead atoms. The first-order chi connectivity index (χ1) is 10.4. The number of nitriles is 1. The Labute approximate surface area is 126 Å². The van der Waals surface area contributed by atoms with E-state index in [0.29, 0.717) is 13.2 Å². The van der Waals surface area contributed by atoms with Crippen LogP contribution in [0.3, 0.4) is 0 Å². The molecule has 0 aliphatic heterocycles. The van der Waals surface area contributed by atoms with E-state index in [-0.39, 0.29) is 6.61 Å². The predicted molar refractivity (Wildman–Crippen MR) is 81.2 cm³/mol. The Kier molecular flexibility index (Phi) is 10.1. The van der Waals surface area contributed by atoms with Gasteiger partial charge in [-0.15, -0.1) is 0 Å². The van der Waals surface area contributed by atoms with Crippen molar-refractivity contribution in [1.29, 1.82) is 5.26 Å². The number of unbranched alkanes of at least 4 members (excludes halogenated alkanes) is 1. The minimum Gasteiger partial charge on any atom is -0.478 e. The molecule has 0 saturated carbocycles. The van der Waals surface area contributed by atoms with Gasteiger partial charge in [0.15, 0.2) is 6.61 Å². The average Bonchev–Trinajstić information content (AvgIpc) is 2.52. The number of nitrogens with one attached hydrogen (secondary N) is 1. The van der Waals surface area contributed by atoms with Crippen LogP contribution in [0.2, 0.25) is 0 Å². The third-order valence-electron chi connectivity index (χ3n) is 2.90. The van der Waals surface area contributed by atoms with Gasteiger partial charge in [0, 0.05) is 25.8 Å². The van der Waals surface area contributed by atoms with E-state index in [0.717, 1.165) is 43.9 Å². The summed E-state index contributed by atoms with van der Waals surface area (Å²) in [7, 11) is 1.67. The van der Waals surface area contributed by atoms with Crippen molar-refractivity contribution >= 4 is 0 Å². The highest BCUT2D eigenvalue weighted by Crippen LogP contribution is 2.17. The van der Waals surface area contributed by atoms with Crippen LogP contribution in [0.15, 0.2) is 24.3 Å². The first kappa shape index (κ1) is 17.4. The van der Waals surface area contributed by atoms with E-state index in [1.165, 1.54) is 0 Å². The number of ether oxygens (including phenoxy) is 3. The van der Waals surface area contributed by atoms with E-state index in [1.54, 1.807) is 7.11 Å². The van der Waals surface area contributed by atoms with Crippen LogP contribution >= 0.6 is 0 Å². The van der Waals surface area contributed by atoms with Gasteiger partial charge in [0.25, 0.3) is 0 Å². The van der Waals surface area contributed by atoms with Gasteiger partial charge in [-0.2, -0.15) is 5.26 Å². The average molecular weight is 292 g/mol. The molecule has 1 N–H and O–H groups in total. The van der Waals surface area contributed by atoms with Gasteiger partial charge in [0.1, 0.15) is 11.8 Å². The SMILES string of the molecule is COCCOCCCCNCc1ccccc1OCC#N. The molecule has 0 aliphatic carbocycles. The first-order valence-electron chi connectivity index (χ1n) is 7.23. The highest BCUT2D eigenvalue weighted by Gasteiger charge is 2.01. The normalized spacial score (nSPS) is 10.3. The standard InChI is InChI=1S/C16H24N2O3/c1-19-12-13-20-10-5-4-9-18-14-15-6-2-3-7-16(15)21-11-8-17/h2-3,6-7,18H,4-5,9-14H2,1H3. The summed E-state index contributed by atoms with van der Waals surface area (Å²) in [6, 6.07) is 9.76. The Hall–Kier alpha value is -1.61. The second-order valence-electron chi connectivity index (χ2n) is 4.54. The molecule has 0 atom stereocenters. The van der Waals surface area contributed by atoms with Gasteiger partial charge < -0.3 is 19.5 Å². The van der Waals surface area contributed by atoms with Crippen molar-refractivity contribution in [2.24, 2.45) is 0 Å². The Morgan fingerprint density at radius 1 is 1.14 bits per heavy atom. The Morgan fingerprint density at radius 3 is 2.81 bits per heavy atom. The van der Waals surface area contributed by atoms with Crippen LogP contribution in [0, 0.1) is 11.3 Å². The molecule has 0 unspecified atom stereocenters. The van der Waals surface area contributed by atoms with E-state index in [2.05, 4.69) is 5.32 Å². The van der Waals surface area contributed by atoms with E-state index < -0.39 is 0 Å². The van der Waals surface area contributed by atoms with Crippen LogP contribution < -0.4 is 10.1 Å². The summed E-state index contributed by atoms with van der Waals surface area (Å²) in [6.07, 6.45) is 2.09. The largest absolute Gasteiger partial charge is 0.478 e. The molecule has 0 spiro atoms. The smallest absolute Gasteiger partial charge is 0.174 e. The molecule has 1 aromatic rings. The van der Waals surface area contributed by atoms with Crippen LogP contribution in [0.1, 0.15) is 18.4 Å². The summed E-state index contributed by atoms with van der Waals surface area (Å²) in [5, 5.41) is 11.9. The van der Waals surface area contributed by atoms with Crippen molar-refractivity contribution in [1.82, 2.24) is 5.32 Å². The topological polar surface area (TPSA) is 63.5 Å². The summed E-state index contributed by atoms with van der Waals surface area (Å²) in [5.74, 6) is 0.773. The zero-order valence-corrected chi connectivity index (χ0v) is 12.6. The Balaban J connectivity index is 2.11. The number of hydrogen-bond acceptors (Lipinski definition) is 5. The number of benzene rings is 1. The quantitative estimate of drug-likeness (QED) is 0.598. The lowest BCUT2D eigenvalue weighted by Crippen LogP contribution is -2.16. The molecule has 0 amide bonds. The molecular weight excluding hydrogens is 268 g/mol. The Morgan fingerprint density at radius 2 is 2.00 bits per heavy atom. The molecule has 1 aromatic carbocycles. The molecule has 1 rings (SSSR count). The van der Waals surface area contributed by atoms with Crippen LogP contribution in [-0.2, 0) is 16.0 Å². The lowest BCUT2D eigenvalue weighted by Gasteiger charge is -2.10. The Bertz CT molecular complexity index is 418. The molecule has 5 heteroatoms. The van der Waals surface area contributed by atoms with Crippen LogP contribution in [0.4, 0.5) is 0 Å². The third-order valence-corrected chi connectivity index (χ3v) is 2.90. The van der Waals surface area contributed by atoms with Gasteiger partial charge in [-0.1, -0.05) is 18.2 Å². The maximum atomic E-state index is 8.56. The lowest BCUT2D eigenvalue weighted by atomic mass is 10.2. The molecule has 0 heterocycles. The fraction of sp³-hybridized carbons (Fsp3) is 0.562. The van der Waals surface area contributed by atoms with E-state index >= 15 is 0 Å². The lowest BCUT2D eigenvalue weighted by molar-refractivity contribution is 0.0688. The number of para-hydroxylation sites is 1. The molecular formula is C16H24N2O3. The van der Waals surface area contributed by atoms with Crippen molar-refractivity contribution in [3.8, 4) is 11.8 Å². The summed E-state index contributed by atoms with van der Waals surface area (Å²) >= 11 is 0. The van der Waals surface area contributed by atoms with Gasteiger partial charge in [0.05, 0.1) is 13.2 Å². The number of methoxy groups -OCH3 is 1. The van der Waals surface area contributed by atoms with Crippen molar-refractivity contribution in [2.45, 2.75) is 19.4 Å². The maximum Gasteiger partial charge on any atom is 0.174 e. The molecule has 0 fully saturated rings. The highest BCUT2D eigenvalue weighted by molar-refractivity contribution is 5.33. The van der Waals surface area contributed by atoms with Gasteiger partial charge >= 0.3 is 0 Å². The van der Waals surface area contributed by atoms with Crippen LogP contribution in [-0.4, -0.2) is 40.1 Å². The summed E-state index contributed by atoms with van der Waals surface area (Å²) in [6.45, 7) is 3.83. The van der Waals surface area contributed by atoms with Crippen molar-refractivity contribution in [2.75, 3.05) is 40.1 Å². The van der Waals surface area contributed by atoms with Crippen LogP contribution in [0.5, 0.6) is 5.75 Å². The van der Waals surface area contributed by atoms with Gasteiger partial charge in [-0.05, 0) is 25.5 Å².